The van der Waals surface area contributed by atoms with Crippen molar-refractivity contribution in [2.24, 2.45) is 11.5 Å². The Bertz CT molecular complexity index is 244. The topological polar surface area (TPSA) is 87.6 Å². The van der Waals surface area contributed by atoms with Crippen LogP contribution < -0.4 is 11.5 Å². The molecule has 0 aliphatic rings. The normalized spacial score (nSPS) is 16.3. The third kappa shape index (κ3) is 5.41. The van der Waals surface area contributed by atoms with Gasteiger partial charge >= 0.3 is 5.97 Å². The summed E-state index contributed by atoms with van der Waals surface area (Å²) in [5.74, 6) is -0.480. The molecule has 0 spiro atoms. The minimum Gasteiger partial charge on any atom is -0.443 e. The molecule has 4 N–H and O–H groups in total. The highest BCUT2D eigenvalue weighted by Gasteiger charge is 2.22. The lowest BCUT2D eigenvalue weighted by molar-refractivity contribution is -0.144. The zero-order valence-electron chi connectivity index (χ0n) is 10.2. The molecule has 0 saturated heterocycles. The van der Waals surface area contributed by atoms with E-state index >= 15 is 0 Å². The minimum absolute atomic E-state index is 0.108. The van der Waals surface area contributed by atoms with Crippen LogP contribution in [0.4, 0.5) is 0 Å². The Labute approximate surface area is 98.5 Å². The van der Waals surface area contributed by atoms with Crippen LogP contribution in [0, 0.1) is 0 Å². The van der Waals surface area contributed by atoms with Gasteiger partial charge in [-0.15, -0.1) is 0 Å². The van der Waals surface area contributed by atoms with E-state index in [9.17, 15) is 4.79 Å². The molecule has 5 nitrogen and oxygen atoms in total. The molecule has 6 heteroatoms. The van der Waals surface area contributed by atoms with Crippen LogP contribution in [-0.2, 0) is 14.0 Å². The number of nitrogens with two attached hydrogens (primary N) is 2. The van der Waals surface area contributed by atoms with Crippen molar-refractivity contribution in [2.45, 2.75) is 38.2 Å². The molecule has 0 amide bonds. The van der Waals surface area contributed by atoms with Crippen molar-refractivity contribution in [3.8, 4) is 0 Å². The lowest BCUT2D eigenvalue weighted by Gasteiger charge is -2.22. The first kappa shape index (κ1) is 15.3. The van der Waals surface area contributed by atoms with Gasteiger partial charge in [0.2, 0.25) is 0 Å². The predicted molar refractivity (Wildman–Crippen MR) is 66.1 cm³/mol. The molecule has 0 fully saturated rings. The van der Waals surface area contributed by atoms with E-state index in [-0.39, 0.29) is 5.67 Å². The molecule has 0 aromatic rings. The molecule has 3 unspecified atom stereocenters. The molecule has 16 heavy (non-hydrogen) atoms. The Morgan fingerprint density at radius 3 is 2.44 bits per heavy atom. The molecule has 0 aromatic carbocycles. The van der Waals surface area contributed by atoms with Gasteiger partial charge in [-0.25, -0.2) is 4.79 Å². The maximum absolute atomic E-state index is 11.2. The molecule has 0 radical (unpaired) electrons. The second-order valence-corrected chi connectivity index (χ2v) is 7.03. The van der Waals surface area contributed by atoms with Crippen molar-refractivity contribution in [1.82, 2.24) is 0 Å². The molecule has 94 valence electrons. The molecule has 0 rings (SSSR count). The fourth-order valence-corrected chi connectivity index (χ4v) is 3.21. The average molecular weight is 246 g/mol. The van der Waals surface area contributed by atoms with Crippen LogP contribution in [0.1, 0.15) is 20.3 Å². The van der Waals surface area contributed by atoms with Gasteiger partial charge in [0, 0.05) is 24.8 Å². The van der Waals surface area contributed by atoms with E-state index < -0.39 is 21.2 Å². The lowest BCUT2D eigenvalue weighted by Crippen LogP contribution is -2.45. The van der Waals surface area contributed by atoms with Crippen molar-refractivity contribution < 1.29 is 14.0 Å². The van der Waals surface area contributed by atoms with Gasteiger partial charge in [-0.2, -0.15) is 0 Å². The van der Waals surface area contributed by atoms with E-state index in [1.54, 1.807) is 14.0 Å². The second-order valence-electron chi connectivity index (χ2n) is 3.81. The standard InChI is InChI=1S/C10H22N2O3Si/c1-5-16(14-4)9(12)6-8(11)15-10(13)7(2)3/h8-9,16H,2,5-6,11-12H2,1,3-4H3. The first-order valence-corrected chi connectivity index (χ1v) is 7.28. The Morgan fingerprint density at radius 2 is 2.06 bits per heavy atom. The largest absolute Gasteiger partial charge is 0.443 e. The molecule has 0 aliphatic heterocycles. The van der Waals surface area contributed by atoms with Gasteiger partial charge in [0.1, 0.15) is 0 Å². The Hall–Kier alpha value is -0.693. The average Bonchev–Trinajstić information content (AvgIpc) is 2.18. The molecule has 0 saturated carbocycles. The first-order chi connectivity index (χ1) is 7.42. The van der Waals surface area contributed by atoms with Gasteiger partial charge < -0.3 is 14.9 Å². The van der Waals surface area contributed by atoms with Gasteiger partial charge in [-0.3, -0.25) is 5.73 Å². The van der Waals surface area contributed by atoms with Crippen LogP contribution in [0.15, 0.2) is 12.2 Å². The van der Waals surface area contributed by atoms with Gasteiger partial charge in [0.05, 0.1) is 0 Å². The van der Waals surface area contributed by atoms with Gasteiger partial charge in [0.25, 0.3) is 0 Å². The van der Waals surface area contributed by atoms with E-state index in [1.165, 1.54) is 0 Å². The summed E-state index contributed by atoms with van der Waals surface area (Å²) in [7, 11) is 0.230. The molecular formula is C10H22N2O3Si. The number of rotatable bonds is 7. The second kappa shape index (κ2) is 7.56. The molecule has 3 atom stereocenters. The van der Waals surface area contributed by atoms with Crippen LogP contribution in [-0.4, -0.2) is 34.0 Å². The number of hydrogen-bond acceptors (Lipinski definition) is 5. The van der Waals surface area contributed by atoms with Crippen molar-refractivity contribution in [3.63, 3.8) is 0 Å². The number of carbonyl (C=O) groups excluding carboxylic acids is 1. The lowest BCUT2D eigenvalue weighted by atomic mass is 10.3. The maximum Gasteiger partial charge on any atom is 0.334 e. The molecule has 0 heterocycles. The summed E-state index contributed by atoms with van der Waals surface area (Å²) < 4.78 is 10.3. The van der Waals surface area contributed by atoms with Crippen molar-refractivity contribution in [1.29, 1.82) is 0 Å². The van der Waals surface area contributed by atoms with E-state index in [2.05, 4.69) is 6.58 Å². The summed E-state index contributed by atoms with van der Waals surface area (Å²) >= 11 is 0. The number of carbonyl (C=O) groups is 1. The van der Waals surface area contributed by atoms with Crippen LogP contribution in [0.5, 0.6) is 0 Å². The SMILES string of the molecule is C=C(C)C(=O)OC(N)CC(N)[SiH](CC)OC. The summed E-state index contributed by atoms with van der Waals surface area (Å²) in [5, 5.41) is 0. The van der Waals surface area contributed by atoms with Gasteiger partial charge in [0.15, 0.2) is 15.3 Å². The highest BCUT2D eigenvalue weighted by molar-refractivity contribution is 6.53. The van der Waals surface area contributed by atoms with Crippen LogP contribution in [0.3, 0.4) is 0 Å². The summed E-state index contributed by atoms with van der Waals surface area (Å²) in [6.07, 6.45) is -0.256. The zero-order valence-corrected chi connectivity index (χ0v) is 11.4. The summed E-state index contributed by atoms with van der Waals surface area (Å²) in [4.78, 5) is 11.2. The highest BCUT2D eigenvalue weighted by atomic mass is 28.3. The third-order valence-corrected chi connectivity index (χ3v) is 4.93. The van der Waals surface area contributed by atoms with Crippen LogP contribution in [0.2, 0.25) is 6.04 Å². The van der Waals surface area contributed by atoms with Crippen LogP contribution in [0.25, 0.3) is 0 Å². The summed E-state index contributed by atoms with van der Waals surface area (Å²) in [6, 6.07) is 0.929. The van der Waals surface area contributed by atoms with Crippen molar-refractivity contribution in [3.05, 3.63) is 12.2 Å². The van der Waals surface area contributed by atoms with Crippen LogP contribution >= 0.6 is 0 Å². The smallest absolute Gasteiger partial charge is 0.334 e. The monoisotopic (exact) mass is 246 g/mol. The van der Waals surface area contributed by atoms with Crippen molar-refractivity contribution >= 4 is 15.0 Å². The van der Waals surface area contributed by atoms with Crippen molar-refractivity contribution in [2.75, 3.05) is 7.11 Å². The first-order valence-electron chi connectivity index (χ1n) is 5.32. The minimum atomic E-state index is -1.43. The van der Waals surface area contributed by atoms with E-state index in [4.69, 9.17) is 20.6 Å². The van der Waals surface area contributed by atoms with E-state index in [0.29, 0.717) is 12.0 Å². The fraction of sp³-hybridized carbons (Fsp3) is 0.700. The third-order valence-electron chi connectivity index (χ3n) is 2.29. The van der Waals surface area contributed by atoms with Gasteiger partial charge in [-0.1, -0.05) is 13.5 Å². The predicted octanol–water partition coefficient (Wildman–Crippen LogP) is 0.0372. The zero-order chi connectivity index (χ0) is 12.7. The highest BCUT2D eigenvalue weighted by Crippen LogP contribution is 2.05. The molecule has 0 aromatic heterocycles. The van der Waals surface area contributed by atoms with Gasteiger partial charge in [-0.05, 0) is 13.0 Å². The Kier molecular flexibility index (Phi) is 7.23. The summed E-state index contributed by atoms with van der Waals surface area (Å²) in [6.45, 7) is 7.09. The quantitative estimate of drug-likeness (QED) is 0.286. The molecule has 0 aliphatic carbocycles. The Balaban J connectivity index is 4.08. The van der Waals surface area contributed by atoms with E-state index in [1.807, 2.05) is 6.92 Å². The molecule has 0 bridgehead atoms. The number of esters is 1. The Morgan fingerprint density at radius 1 is 1.50 bits per heavy atom. The number of hydrogen-bond donors (Lipinski definition) is 2. The molecular weight excluding hydrogens is 224 g/mol. The maximum atomic E-state index is 11.2. The van der Waals surface area contributed by atoms with E-state index in [0.717, 1.165) is 6.04 Å². The fourth-order valence-electron chi connectivity index (χ4n) is 1.35. The number of ether oxygens (including phenoxy) is 1. The summed E-state index contributed by atoms with van der Waals surface area (Å²) in [5.41, 5.74) is 11.8.